The molecule has 2 rings (SSSR count). The van der Waals surface area contributed by atoms with Crippen molar-refractivity contribution in [1.29, 1.82) is 0 Å². The smallest absolute Gasteiger partial charge is 0.190 e. The molecule has 1 saturated heterocycles. The Morgan fingerprint density at radius 3 is 2.96 bits per heavy atom. The highest BCUT2D eigenvalue weighted by atomic mass is 32.1. The Bertz CT molecular complexity index is 485. The lowest BCUT2D eigenvalue weighted by Crippen LogP contribution is -2.40. The fourth-order valence-electron chi connectivity index (χ4n) is 3.02. The Hall–Kier alpha value is -1.14. The Labute approximate surface area is 144 Å². The maximum atomic E-state index is 4.38. The molecular formula is C17H31N5S. The summed E-state index contributed by atoms with van der Waals surface area (Å²) in [5.74, 6) is 1.76. The van der Waals surface area contributed by atoms with Gasteiger partial charge in [0.1, 0.15) is 0 Å². The Morgan fingerprint density at radius 1 is 1.43 bits per heavy atom. The molecule has 0 spiro atoms. The number of aromatic nitrogens is 1. The second-order valence-corrected chi connectivity index (χ2v) is 7.76. The van der Waals surface area contributed by atoms with Crippen molar-refractivity contribution in [3.8, 4) is 0 Å². The molecule has 1 atom stereocenters. The van der Waals surface area contributed by atoms with E-state index in [1.807, 2.05) is 13.2 Å². The molecule has 0 radical (unpaired) electrons. The summed E-state index contributed by atoms with van der Waals surface area (Å²) in [6, 6.07) is 0. The van der Waals surface area contributed by atoms with Crippen LogP contribution in [0.5, 0.6) is 0 Å². The van der Waals surface area contributed by atoms with Gasteiger partial charge in [0.25, 0.3) is 0 Å². The highest BCUT2D eigenvalue weighted by Crippen LogP contribution is 2.15. The van der Waals surface area contributed by atoms with Crippen molar-refractivity contribution in [3.05, 3.63) is 16.1 Å². The number of hydrogen-bond acceptors (Lipinski definition) is 4. The minimum absolute atomic E-state index is 0.862. The maximum absolute atomic E-state index is 4.38. The van der Waals surface area contributed by atoms with Crippen molar-refractivity contribution in [2.75, 3.05) is 39.8 Å². The maximum Gasteiger partial charge on any atom is 0.190 e. The van der Waals surface area contributed by atoms with Crippen molar-refractivity contribution in [2.24, 2.45) is 10.9 Å². The van der Waals surface area contributed by atoms with Crippen LogP contribution in [0.15, 0.2) is 11.2 Å². The van der Waals surface area contributed by atoms with Crippen LogP contribution in [0.25, 0.3) is 0 Å². The number of aliphatic imine (C=N–C) groups is 1. The predicted molar refractivity (Wildman–Crippen MR) is 99.4 cm³/mol. The van der Waals surface area contributed by atoms with E-state index in [4.69, 9.17) is 0 Å². The lowest BCUT2D eigenvalue weighted by molar-refractivity contribution is 0.182. The predicted octanol–water partition coefficient (Wildman–Crippen LogP) is 2.28. The number of rotatable bonds is 7. The van der Waals surface area contributed by atoms with Gasteiger partial charge in [0.05, 0.1) is 5.01 Å². The summed E-state index contributed by atoms with van der Waals surface area (Å²) in [6.45, 7) is 10.0. The Morgan fingerprint density at radius 2 is 2.26 bits per heavy atom. The van der Waals surface area contributed by atoms with E-state index in [1.165, 1.54) is 48.8 Å². The van der Waals surface area contributed by atoms with E-state index in [-0.39, 0.29) is 0 Å². The zero-order valence-corrected chi connectivity index (χ0v) is 15.6. The molecular weight excluding hydrogens is 306 g/mol. The summed E-state index contributed by atoms with van der Waals surface area (Å²) in [5.41, 5.74) is 0. The molecule has 0 aromatic carbocycles. The molecule has 0 bridgehead atoms. The van der Waals surface area contributed by atoms with Crippen LogP contribution in [0.1, 0.15) is 36.1 Å². The van der Waals surface area contributed by atoms with Crippen LogP contribution in [0.3, 0.4) is 0 Å². The van der Waals surface area contributed by atoms with Gasteiger partial charge in [0.15, 0.2) is 5.96 Å². The lowest BCUT2D eigenvalue weighted by atomic mass is 10.0. The zero-order chi connectivity index (χ0) is 16.5. The van der Waals surface area contributed by atoms with Crippen LogP contribution in [0.4, 0.5) is 0 Å². The first-order valence-corrected chi connectivity index (χ1v) is 9.57. The largest absolute Gasteiger partial charge is 0.356 e. The third-order valence-corrected chi connectivity index (χ3v) is 5.18. The van der Waals surface area contributed by atoms with Gasteiger partial charge in [-0.1, -0.05) is 6.92 Å². The number of hydrogen-bond donors (Lipinski definition) is 2. The molecule has 5 nitrogen and oxygen atoms in total. The third-order valence-electron chi connectivity index (χ3n) is 4.21. The monoisotopic (exact) mass is 337 g/mol. The average Bonchev–Trinajstić information content (AvgIpc) is 2.95. The molecule has 2 N–H and O–H groups in total. The van der Waals surface area contributed by atoms with Gasteiger partial charge < -0.3 is 15.5 Å². The zero-order valence-electron chi connectivity index (χ0n) is 14.8. The molecule has 0 aliphatic carbocycles. The molecule has 1 aliphatic heterocycles. The molecule has 23 heavy (non-hydrogen) atoms. The highest BCUT2D eigenvalue weighted by Gasteiger charge is 2.15. The number of piperidine rings is 1. The highest BCUT2D eigenvalue weighted by molar-refractivity contribution is 7.11. The summed E-state index contributed by atoms with van der Waals surface area (Å²) < 4.78 is 0. The topological polar surface area (TPSA) is 52.6 Å². The molecule has 2 heterocycles. The van der Waals surface area contributed by atoms with Crippen LogP contribution in [-0.2, 0) is 6.42 Å². The second-order valence-electron chi connectivity index (χ2n) is 6.44. The van der Waals surface area contributed by atoms with Gasteiger partial charge in [-0.3, -0.25) is 4.99 Å². The SMILES string of the molecule is CN=C(NCCCN1CCCC(C)C1)NCCc1ncc(C)s1. The fraction of sp³-hybridized carbons (Fsp3) is 0.765. The quantitative estimate of drug-likeness (QED) is 0.455. The standard InChI is InChI=1S/C17H31N5S/c1-14-6-4-10-22(13-14)11-5-8-19-17(18-3)20-9-7-16-21-12-15(2)23-16/h12,14H,4-11,13H2,1-3H3,(H2,18,19,20). The Kier molecular flexibility index (Phi) is 7.82. The number of likely N-dealkylation sites (tertiary alicyclic amines) is 1. The van der Waals surface area contributed by atoms with E-state index in [9.17, 15) is 0 Å². The van der Waals surface area contributed by atoms with Gasteiger partial charge in [-0.25, -0.2) is 4.98 Å². The van der Waals surface area contributed by atoms with E-state index < -0.39 is 0 Å². The molecule has 0 amide bonds. The van der Waals surface area contributed by atoms with Gasteiger partial charge in [0.2, 0.25) is 0 Å². The molecule has 1 unspecified atom stereocenters. The second kappa shape index (κ2) is 9.88. The number of thiazole rings is 1. The molecule has 130 valence electrons. The normalized spacial score (nSPS) is 19.8. The first-order chi connectivity index (χ1) is 11.2. The molecule has 1 aromatic rings. The van der Waals surface area contributed by atoms with Crippen molar-refractivity contribution in [3.63, 3.8) is 0 Å². The number of nitrogens with zero attached hydrogens (tertiary/aromatic N) is 3. The third kappa shape index (κ3) is 6.87. The van der Waals surface area contributed by atoms with Gasteiger partial charge in [-0.05, 0) is 45.2 Å². The first-order valence-electron chi connectivity index (χ1n) is 8.75. The number of guanidine groups is 1. The van der Waals surface area contributed by atoms with E-state index in [1.54, 1.807) is 11.3 Å². The van der Waals surface area contributed by atoms with E-state index in [0.717, 1.165) is 31.4 Å². The molecule has 6 heteroatoms. The minimum atomic E-state index is 0.862. The van der Waals surface area contributed by atoms with Gasteiger partial charge in [-0.2, -0.15) is 0 Å². The van der Waals surface area contributed by atoms with Crippen LogP contribution in [0, 0.1) is 12.8 Å². The first kappa shape index (κ1) is 18.2. The van der Waals surface area contributed by atoms with E-state index >= 15 is 0 Å². The van der Waals surface area contributed by atoms with Crippen LogP contribution >= 0.6 is 11.3 Å². The van der Waals surface area contributed by atoms with Crippen molar-refractivity contribution in [2.45, 2.75) is 39.5 Å². The van der Waals surface area contributed by atoms with Gasteiger partial charge in [0, 0.05) is 44.2 Å². The van der Waals surface area contributed by atoms with Crippen LogP contribution < -0.4 is 10.6 Å². The number of nitrogens with one attached hydrogen (secondary N) is 2. The average molecular weight is 338 g/mol. The summed E-state index contributed by atoms with van der Waals surface area (Å²) in [4.78, 5) is 12.5. The summed E-state index contributed by atoms with van der Waals surface area (Å²) in [7, 11) is 1.83. The van der Waals surface area contributed by atoms with Gasteiger partial charge in [-0.15, -0.1) is 11.3 Å². The van der Waals surface area contributed by atoms with Crippen molar-refractivity contribution >= 4 is 17.3 Å². The lowest BCUT2D eigenvalue weighted by Gasteiger charge is -2.30. The van der Waals surface area contributed by atoms with E-state index in [0.29, 0.717) is 0 Å². The molecule has 0 saturated carbocycles. The fourth-order valence-corrected chi connectivity index (χ4v) is 3.81. The van der Waals surface area contributed by atoms with Gasteiger partial charge >= 0.3 is 0 Å². The summed E-state index contributed by atoms with van der Waals surface area (Å²) >= 11 is 1.77. The molecule has 1 aliphatic rings. The van der Waals surface area contributed by atoms with Crippen molar-refractivity contribution in [1.82, 2.24) is 20.5 Å². The minimum Gasteiger partial charge on any atom is -0.356 e. The van der Waals surface area contributed by atoms with Crippen LogP contribution in [0.2, 0.25) is 0 Å². The number of aryl methyl sites for hydroxylation is 1. The summed E-state index contributed by atoms with van der Waals surface area (Å²) in [6.07, 6.45) is 6.80. The summed E-state index contributed by atoms with van der Waals surface area (Å²) in [5, 5.41) is 7.96. The Balaban J connectivity index is 1.56. The van der Waals surface area contributed by atoms with E-state index in [2.05, 4.69) is 39.4 Å². The van der Waals surface area contributed by atoms with Crippen LogP contribution in [-0.4, -0.2) is 55.6 Å². The molecule has 1 aromatic heterocycles. The van der Waals surface area contributed by atoms with Crippen molar-refractivity contribution < 1.29 is 0 Å². The molecule has 1 fully saturated rings.